The minimum Gasteiger partial charge on any atom is -0.460 e. The zero-order valence-corrected chi connectivity index (χ0v) is 9.97. The van der Waals surface area contributed by atoms with Gasteiger partial charge in [0.05, 0.1) is 0 Å². The van der Waals surface area contributed by atoms with E-state index in [9.17, 15) is 4.79 Å². The fraction of sp³-hybridized carbons (Fsp3) is 0.600. The Bertz CT molecular complexity index is 272. The van der Waals surface area contributed by atoms with E-state index in [-0.39, 0.29) is 18.0 Å². The first kappa shape index (κ1) is 14.0. The van der Waals surface area contributed by atoms with Crippen LogP contribution in [0.1, 0.15) is 13.8 Å². The van der Waals surface area contributed by atoms with Crippen LogP contribution in [0.2, 0.25) is 0 Å². The summed E-state index contributed by atoms with van der Waals surface area (Å²) in [5.41, 5.74) is 0.352. The highest BCUT2D eigenvalue weighted by Gasteiger charge is 2.19. The molecule has 15 heavy (non-hydrogen) atoms. The van der Waals surface area contributed by atoms with Gasteiger partial charge >= 0.3 is 5.97 Å². The standard InChI is InChI=1S/C10H15NO3S/c1-7(2)10(12)14-5-9(13-4)8(3)15-6-11/h8-9H,1,5H2,2-4H3. The number of ether oxygens (including phenoxy) is 2. The van der Waals surface area contributed by atoms with E-state index in [2.05, 4.69) is 6.58 Å². The molecule has 0 heterocycles. The Kier molecular flexibility index (Phi) is 6.84. The Morgan fingerprint density at radius 2 is 2.27 bits per heavy atom. The number of nitrogens with zero attached hydrogens (tertiary/aromatic N) is 1. The topological polar surface area (TPSA) is 59.3 Å². The molecule has 0 aromatic carbocycles. The second-order valence-corrected chi connectivity index (χ2v) is 4.23. The summed E-state index contributed by atoms with van der Waals surface area (Å²) >= 11 is 1.09. The third-order valence-electron chi connectivity index (χ3n) is 1.79. The van der Waals surface area contributed by atoms with E-state index in [1.165, 1.54) is 7.11 Å². The molecule has 0 aromatic heterocycles. The molecular formula is C10H15NO3S. The molecule has 0 spiro atoms. The molecule has 0 radical (unpaired) electrons. The molecule has 0 saturated carbocycles. The van der Waals surface area contributed by atoms with Crippen LogP contribution in [0.5, 0.6) is 0 Å². The highest BCUT2D eigenvalue weighted by molar-refractivity contribution is 8.04. The Morgan fingerprint density at radius 3 is 2.67 bits per heavy atom. The van der Waals surface area contributed by atoms with Crippen molar-refractivity contribution in [2.75, 3.05) is 13.7 Å². The average molecular weight is 229 g/mol. The van der Waals surface area contributed by atoms with Gasteiger partial charge in [-0.25, -0.2) is 4.79 Å². The summed E-state index contributed by atoms with van der Waals surface area (Å²) in [4.78, 5) is 11.1. The van der Waals surface area contributed by atoms with Crippen LogP contribution in [0.4, 0.5) is 0 Å². The number of thiocyanates is 1. The van der Waals surface area contributed by atoms with E-state index in [4.69, 9.17) is 14.7 Å². The van der Waals surface area contributed by atoms with Crippen molar-refractivity contribution in [2.24, 2.45) is 0 Å². The molecule has 0 N–H and O–H groups in total. The lowest BCUT2D eigenvalue weighted by atomic mass is 10.3. The van der Waals surface area contributed by atoms with Gasteiger partial charge in [-0.15, -0.1) is 0 Å². The molecule has 0 bridgehead atoms. The summed E-state index contributed by atoms with van der Waals surface area (Å²) in [6.45, 7) is 7.03. The van der Waals surface area contributed by atoms with Crippen molar-refractivity contribution >= 4 is 17.7 Å². The molecule has 2 unspecified atom stereocenters. The van der Waals surface area contributed by atoms with Crippen molar-refractivity contribution < 1.29 is 14.3 Å². The van der Waals surface area contributed by atoms with E-state index in [0.29, 0.717) is 5.57 Å². The molecule has 0 saturated heterocycles. The minimum atomic E-state index is -0.439. The lowest BCUT2D eigenvalue weighted by Gasteiger charge is -2.19. The molecule has 84 valence electrons. The second kappa shape index (κ2) is 7.32. The second-order valence-electron chi connectivity index (χ2n) is 3.07. The van der Waals surface area contributed by atoms with E-state index in [0.717, 1.165) is 11.8 Å². The Labute approximate surface area is 94.2 Å². The van der Waals surface area contributed by atoms with Gasteiger partial charge in [-0.1, -0.05) is 6.58 Å². The molecule has 0 rings (SSSR count). The van der Waals surface area contributed by atoms with Gasteiger partial charge in [0, 0.05) is 17.9 Å². The minimum absolute atomic E-state index is 0.0436. The molecule has 0 aliphatic heterocycles. The van der Waals surface area contributed by atoms with Gasteiger partial charge < -0.3 is 9.47 Å². The van der Waals surface area contributed by atoms with Gasteiger partial charge in [-0.3, -0.25) is 0 Å². The summed E-state index contributed by atoms with van der Waals surface area (Å²) in [5.74, 6) is -0.439. The molecule has 0 fully saturated rings. The molecule has 5 heteroatoms. The summed E-state index contributed by atoms with van der Waals surface area (Å²) in [6.07, 6.45) is -0.280. The van der Waals surface area contributed by atoms with Crippen LogP contribution in [-0.4, -0.2) is 31.0 Å². The van der Waals surface area contributed by atoms with Crippen molar-refractivity contribution in [1.29, 1.82) is 5.26 Å². The summed E-state index contributed by atoms with van der Waals surface area (Å²) in [5, 5.41) is 10.4. The predicted molar refractivity (Wildman–Crippen MR) is 59.2 cm³/mol. The van der Waals surface area contributed by atoms with Crippen molar-refractivity contribution in [3.8, 4) is 5.40 Å². The van der Waals surface area contributed by atoms with Gasteiger partial charge in [0.1, 0.15) is 18.1 Å². The number of rotatable bonds is 6. The molecule has 4 nitrogen and oxygen atoms in total. The zero-order chi connectivity index (χ0) is 11.8. The van der Waals surface area contributed by atoms with E-state index in [1.54, 1.807) is 6.92 Å². The van der Waals surface area contributed by atoms with Gasteiger partial charge in [0.15, 0.2) is 0 Å². The van der Waals surface area contributed by atoms with Crippen molar-refractivity contribution in [2.45, 2.75) is 25.2 Å². The fourth-order valence-corrected chi connectivity index (χ4v) is 1.34. The zero-order valence-electron chi connectivity index (χ0n) is 9.15. The Balaban J connectivity index is 4.06. The highest BCUT2D eigenvalue weighted by atomic mass is 32.2. The first-order valence-corrected chi connectivity index (χ1v) is 5.31. The quantitative estimate of drug-likeness (QED) is 0.394. The number of esters is 1. The van der Waals surface area contributed by atoms with Gasteiger partial charge in [0.25, 0.3) is 0 Å². The van der Waals surface area contributed by atoms with Crippen LogP contribution in [-0.2, 0) is 14.3 Å². The number of thioether (sulfide) groups is 1. The largest absolute Gasteiger partial charge is 0.460 e. The predicted octanol–water partition coefficient (Wildman–Crippen LogP) is 1.72. The molecule has 2 atom stereocenters. The third kappa shape index (κ3) is 5.45. The maximum absolute atomic E-state index is 11.1. The summed E-state index contributed by atoms with van der Waals surface area (Å²) in [7, 11) is 1.52. The van der Waals surface area contributed by atoms with Gasteiger partial charge in [-0.05, 0) is 25.6 Å². The van der Waals surface area contributed by atoms with Crippen LogP contribution in [0.25, 0.3) is 0 Å². The lowest BCUT2D eigenvalue weighted by molar-refractivity contribution is -0.142. The first-order valence-electron chi connectivity index (χ1n) is 4.43. The van der Waals surface area contributed by atoms with Gasteiger partial charge in [-0.2, -0.15) is 5.26 Å². The average Bonchev–Trinajstić information content (AvgIpc) is 2.18. The van der Waals surface area contributed by atoms with Crippen LogP contribution in [0.15, 0.2) is 12.2 Å². The maximum atomic E-state index is 11.1. The first-order chi connectivity index (χ1) is 7.02. The van der Waals surface area contributed by atoms with Gasteiger partial charge in [0.2, 0.25) is 0 Å². The molecule has 0 aliphatic rings. The number of hydrogen-bond acceptors (Lipinski definition) is 5. The maximum Gasteiger partial charge on any atom is 0.333 e. The monoisotopic (exact) mass is 229 g/mol. The lowest BCUT2D eigenvalue weighted by Crippen LogP contribution is -2.29. The van der Waals surface area contributed by atoms with Crippen LogP contribution in [0.3, 0.4) is 0 Å². The van der Waals surface area contributed by atoms with Crippen LogP contribution < -0.4 is 0 Å². The Morgan fingerprint density at radius 1 is 1.67 bits per heavy atom. The molecule has 0 aromatic rings. The fourth-order valence-electron chi connectivity index (χ4n) is 0.835. The van der Waals surface area contributed by atoms with Crippen molar-refractivity contribution in [1.82, 2.24) is 0 Å². The SMILES string of the molecule is C=C(C)C(=O)OCC(OC)C(C)SC#N. The normalized spacial score (nSPS) is 13.7. The molecular weight excluding hydrogens is 214 g/mol. The van der Waals surface area contributed by atoms with E-state index in [1.807, 2.05) is 12.3 Å². The highest BCUT2D eigenvalue weighted by Crippen LogP contribution is 2.15. The Hall–Kier alpha value is -0.990. The third-order valence-corrected chi connectivity index (χ3v) is 2.57. The van der Waals surface area contributed by atoms with Crippen molar-refractivity contribution in [3.63, 3.8) is 0 Å². The van der Waals surface area contributed by atoms with E-state index >= 15 is 0 Å². The molecule has 0 aliphatic carbocycles. The summed E-state index contributed by atoms with van der Waals surface area (Å²) in [6, 6.07) is 0. The smallest absolute Gasteiger partial charge is 0.333 e. The van der Waals surface area contributed by atoms with Crippen LogP contribution >= 0.6 is 11.8 Å². The number of carbonyl (C=O) groups excluding carboxylic acids is 1. The van der Waals surface area contributed by atoms with E-state index < -0.39 is 5.97 Å². The molecule has 0 amide bonds. The number of nitriles is 1. The van der Waals surface area contributed by atoms with Crippen LogP contribution in [0, 0.1) is 10.7 Å². The van der Waals surface area contributed by atoms with Crippen molar-refractivity contribution in [3.05, 3.63) is 12.2 Å². The summed E-state index contributed by atoms with van der Waals surface area (Å²) < 4.78 is 10.1. The number of methoxy groups -OCH3 is 1. The number of carbonyl (C=O) groups is 1. The number of hydrogen-bond donors (Lipinski definition) is 0.